The van der Waals surface area contributed by atoms with Gasteiger partial charge in [-0.05, 0) is 36.2 Å². The number of hydrogen-bond acceptors (Lipinski definition) is 6. The van der Waals surface area contributed by atoms with Crippen molar-refractivity contribution in [1.29, 1.82) is 0 Å². The standard InChI is InChI=1S/C23H26FN5O3/c1-14(2)21-20-19(28-12-17(13-28)27-7-9-32-10-8-27)11-18(23(30)31)25-22(20)29(26-21)16-5-3-15(24)4-6-16/h3-6,11,14,17H,7-10,12-13H2,1-2H3,(H,30,31). The van der Waals surface area contributed by atoms with Crippen LogP contribution in [-0.2, 0) is 4.74 Å². The number of halogens is 1. The van der Waals surface area contributed by atoms with Gasteiger partial charge in [-0.2, -0.15) is 5.10 Å². The Morgan fingerprint density at radius 1 is 1.19 bits per heavy atom. The van der Waals surface area contributed by atoms with Crippen molar-refractivity contribution in [1.82, 2.24) is 19.7 Å². The number of benzene rings is 1. The summed E-state index contributed by atoms with van der Waals surface area (Å²) in [6.45, 7) is 9.09. The fourth-order valence-corrected chi connectivity index (χ4v) is 4.47. The van der Waals surface area contributed by atoms with Crippen LogP contribution in [-0.4, -0.2) is 76.2 Å². The fourth-order valence-electron chi connectivity index (χ4n) is 4.47. The van der Waals surface area contributed by atoms with E-state index >= 15 is 0 Å². The van der Waals surface area contributed by atoms with E-state index in [2.05, 4.69) is 28.6 Å². The normalized spacial score (nSPS) is 17.8. The van der Waals surface area contributed by atoms with Crippen LogP contribution in [0, 0.1) is 5.82 Å². The molecule has 0 radical (unpaired) electrons. The number of anilines is 1. The van der Waals surface area contributed by atoms with E-state index < -0.39 is 5.97 Å². The number of pyridine rings is 1. The van der Waals surface area contributed by atoms with Crippen molar-refractivity contribution in [2.45, 2.75) is 25.8 Å². The molecule has 0 unspecified atom stereocenters. The Morgan fingerprint density at radius 3 is 2.50 bits per heavy atom. The highest BCUT2D eigenvalue weighted by molar-refractivity contribution is 5.98. The van der Waals surface area contributed by atoms with Crippen molar-refractivity contribution >= 4 is 22.7 Å². The van der Waals surface area contributed by atoms with Crippen LogP contribution in [0.5, 0.6) is 0 Å². The zero-order chi connectivity index (χ0) is 22.4. The molecule has 0 spiro atoms. The van der Waals surface area contributed by atoms with Crippen LogP contribution in [0.2, 0.25) is 0 Å². The summed E-state index contributed by atoms with van der Waals surface area (Å²) in [5.74, 6) is -1.33. The maximum atomic E-state index is 13.5. The second kappa shape index (κ2) is 8.14. The molecule has 0 atom stereocenters. The van der Waals surface area contributed by atoms with E-state index in [1.165, 1.54) is 12.1 Å². The van der Waals surface area contributed by atoms with Crippen molar-refractivity contribution in [2.24, 2.45) is 0 Å². The third kappa shape index (κ3) is 3.61. The summed E-state index contributed by atoms with van der Waals surface area (Å²) >= 11 is 0. The predicted molar refractivity (Wildman–Crippen MR) is 118 cm³/mol. The number of ether oxygens (including phenoxy) is 1. The lowest BCUT2D eigenvalue weighted by atomic mass is 10.0. The van der Waals surface area contributed by atoms with Crippen LogP contribution in [0.4, 0.5) is 10.1 Å². The van der Waals surface area contributed by atoms with Gasteiger partial charge in [0.15, 0.2) is 11.3 Å². The molecule has 2 fully saturated rings. The van der Waals surface area contributed by atoms with E-state index in [4.69, 9.17) is 9.84 Å². The van der Waals surface area contributed by atoms with E-state index in [1.54, 1.807) is 22.9 Å². The second-order valence-corrected chi connectivity index (χ2v) is 8.67. The minimum Gasteiger partial charge on any atom is -0.477 e. The molecule has 0 aliphatic carbocycles. The van der Waals surface area contributed by atoms with Crippen LogP contribution >= 0.6 is 0 Å². The molecular weight excluding hydrogens is 413 g/mol. The van der Waals surface area contributed by atoms with Crippen LogP contribution in [0.25, 0.3) is 16.7 Å². The summed E-state index contributed by atoms with van der Waals surface area (Å²) in [6.07, 6.45) is 0. The molecule has 1 aromatic carbocycles. The van der Waals surface area contributed by atoms with Gasteiger partial charge in [-0.25, -0.2) is 18.9 Å². The zero-order valence-corrected chi connectivity index (χ0v) is 18.2. The maximum Gasteiger partial charge on any atom is 0.354 e. The van der Waals surface area contributed by atoms with Gasteiger partial charge >= 0.3 is 5.97 Å². The molecule has 9 heteroatoms. The molecule has 3 aromatic rings. The van der Waals surface area contributed by atoms with Crippen LogP contribution in [0.3, 0.4) is 0 Å². The van der Waals surface area contributed by atoms with Crippen molar-refractivity contribution in [2.75, 3.05) is 44.3 Å². The molecule has 0 saturated carbocycles. The molecule has 4 heterocycles. The van der Waals surface area contributed by atoms with E-state index in [0.717, 1.165) is 56.2 Å². The summed E-state index contributed by atoms with van der Waals surface area (Å²) in [7, 11) is 0. The molecular formula is C23H26FN5O3. The van der Waals surface area contributed by atoms with Crippen molar-refractivity contribution in [3.63, 3.8) is 0 Å². The highest BCUT2D eigenvalue weighted by Crippen LogP contribution is 2.37. The summed E-state index contributed by atoms with van der Waals surface area (Å²) in [5.41, 5.74) is 2.78. The van der Waals surface area contributed by atoms with Gasteiger partial charge in [0.1, 0.15) is 5.82 Å². The predicted octanol–water partition coefficient (Wildman–Crippen LogP) is 2.90. The largest absolute Gasteiger partial charge is 0.477 e. The molecule has 8 nitrogen and oxygen atoms in total. The summed E-state index contributed by atoms with van der Waals surface area (Å²) in [6, 6.07) is 8.05. The first-order chi connectivity index (χ1) is 15.4. The molecule has 0 bridgehead atoms. The van der Waals surface area contributed by atoms with Crippen LogP contribution in [0.15, 0.2) is 30.3 Å². The topological polar surface area (TPSA) is 83.7 Å². The van der Waals surface area contributed by atoms with Gasteiger partial charge in [-0.15, -0.1) is 0 Å². The molecule has 2 aromatic heterocycles. The Balaban J connectivity index is 1.60. The van der Waals surface area contributed by atoms with E-state index in [0.29, 0.717) is 17.4 Å². The SMILES string of the molecule is CC(C)c1nn(-c2ccc(F)cc2)c2nc(C(=O)O)cc(N3CC(N4CCOCC4)C3)c12. The minimum atomic E-state index is -1.09. The van der Waals surface area contributed by atoms with Gasteiger partial charge in [0, 0.05) is 32.2 Å². The number of carboxylic acids is 1. The lowest BCUT2D eigenvalue weighted by Gasteiger charge is -2.48. The average molecular weight is 439 g/mol. The monoisotopic (exact) mass is 439 g/mol. The molecule has 2 aliphatic heterocycles. The Hall–Kier alpha value is -3.04. The third-order valence-electron chi connectivity index (χ3n) is 6.25. The van der Waals surface area contributed by atoms with Gasteiger partial charge < -0.3 is 14.7 Å². The van der Waals surface area contributed by atoms with Gasteiger partial charge in [-0.3, -0.25) is 4.90 Å². The van der Waals surface area contributed by atoms with Crippen molar-refractivity contribution < 1.29 is 19.0 Å². The summed E-state index contributed by atoms with van der Waals surface area (Å²) in [4.78, 5) is 21.0. The Morgan fingerprint density at radius 2 is 1.88 bits per heavy atom. The number of fused-ring (bicyclic) bond motifs is 1. The number of nitrogens with zero attached hydrogens (tertiary/aromatic N) is 5. The Bertz CT molecular complexity index is 1150. The summed E-state index contributed by atoms with van der Waals surface area (Å²) in [5, 5.41) is 15.4. The quantitative estimate of drug-likeness (QED) is 0.654. The Kier molecular flexibility index (Phi) is 5.30. The van der Waals surface area contributed by atoms with Crippen LogP contribution < -0.4 is 4.90 Å². The number of hydrogen-bond donors (Lipinski definition) is 1. The lowest BCUT2D eigenvalue weighted by Crippen LogP contribution is -2.61. The summed E-state index contributed by atoms with van der Waals surface area (Å²) < 4.78 is 20.6. The highest BCUT2D eigenvalue weighted by Gasteiger charge is 2.35. The van der Waals surface area contributed by atoms with Crippen molar-refractivity contribution in [3.8, 4) is 5.69 Å². The number of aromatic nitrogens is 3. The molecule has 2 aliphatic rings. The average Bonchev–Trinajstić information content (AvgIpc) is 3.14. The first kappa shape index (κ1) is 20.8. The lowest BCUT2D eigenvalue weighted by molar-refractivity contribution is 0.0106. The van der Waals surface area contributed by atoms with Gasteiger partial charge in [-0.1, -0.05) is 13.8 Å². The first-order valence-electron chi connectivity index (χ1n) is 10.9. The first-order valence-corrected chi connectivity index (χ1v) is 10.9. The molecule has 1 N–H and O–H groups in total. The number of aromatic carboxylic acids is 1. The highest BCUT2D eigenvalue weighted by atomic mass is 19.1. The Labute approximate surface area is 185 Å². The van der Waals surface area contributed by atoms with E-state index in [1.807, 2.05) is 0 Å². The number of morpholine rings is 1. The third-order valence-corrected chi connectivity index (χ3v) is 6.25. The van der Waals surface area contributed by atoms with Gasteiger partial charge in [0.25, 0.3) is 0 Å². The minimum absolute atomic E-state index is 0.0270. The zero-order valence-electron chi connectivity index (χ0n) is 18.2. The molecule has 5 rings (SSSR count). The van der Waals surface area contributed by atoms with Gasteiger partial charge in [0.05, 0.1) is 35.7 Å². The molecule has 2 saturated heterocycles. The van der Waals surface area contributed by atoms with Crippen LogP contribution in [0.1, 0.15) is 35.9 Å². The fraction of sp³-hybridized carbons (Fsp3) is 0.435. The number of carbonyl (C=O) groups is 1. The van der Waals surface area contributed by atoms with Gasteiger partial charge in [0.2, 0.25) is 0 Å². The van der Waals surface area contributed by atoms with E-state index in [-0.39, 0.29) is 17.4 Å². The van der Waals surface area contributed by atoms with Crippen molar-refractivity contribution in [3.05, 3.63) is 47.5 Å². The second-order valence-electron chi connectivity index (χ2n) is 8.67. The number of rotatable bonds is 5. The maximum absolute atomic E-state index is 13.5. The van der Waals surface area contributed by atoms with E-state index in [9.17, 15) is 14.3 Å². The molecule has 32 heavy (non-hydrogen) atoms. The molecule has 0 amide bonds. The molecule has 168 valence electrons. The smallest absolute Gasteiger partial charge is 0.354 e. The number of carboxylic acid groups (broad SMARTS) is 1.